The normalized spacial score (nSPS) is 25.8. The Morgan fingerprint density at radius 1 is 0.800 bits per heavy atom. The van der Waals surface area contributed by atoms with Crippen molar-refractivity contribution in [3.63, 3.8) is 0 Å². The molecule has 1 fully saturated rings. The van der Waals surface area contributed by atoms with Gasteiger partial charge in [0.05, 0.1) is 0 Å². The standard InChI is InChI=1S/C6H14N2O2/c1-7-3-9-5-8(2)6-10-4-7/h3-6H2,1-2H3. The van der Waals surface area contributed by atoms with Crippen LogP contribution in [-0.2, 0) is 9.47 Å². The fourth-order valence-corrected chi connectivity index (χ4v) is 0.780. The lowest BCUT2D eigenvalue weighted by Gasteiger charge is -2.25. The van der Waals surface area contributed by atoms with Crippen LogP contribution in [0.2, 0.25) is 0 Å². The first-order chi connectivity index (χ1) is 4.79. The van der Waals surface area contributed by atoms with Gasteiger partial charge in [-0.2, -0.15) is 0 Å². The van der Waals surface area contributed by atoms with Crippen LogP contribution in [0.5, 0.6) is 0 Å². The summed E-state index contributed by atoms with van der Waals surface area (Å²) in [7, 11) is 3.93. The zero-order valence-corrected chi connectivity index (χ0v) is 6.54. The number of hydrogen-bond acceptors (Lipinski definition) is 4. The van der Waals surface area contributed by atoms with E-state index in [9.17, 15) is 0 Å². The van der Waals surface area contributed by atoms with E-state index in [1.807, 2.05) is 23.9 Å². The van der Waals surface area contributed by atoms with Crippen molar-refractivity contribution in [2.45, 2.75) is 0 Å². The summed E-state index contributed by atoms with van der Waals surface area (Å²) in [5.74, 6) is 0. The van der Waals surface area contributed by atoms with E-state index < -0.39 is 0 Å². The zero-order chi connectivity index (χ0) is 7.40. The lowest BCUT2D eigenvalue weighted by molar-refractivity contribution is -0.128. The van der Waals surface area contributed by atoms with Crippen molar-refractivity contribution < 1.29 is 9.47 Å². The molecular formula is C6H14N2O2. The van der Waals surface area contributed by atoms with Crippen molar-refractivity contribution in [2.24, 2.45) is 0 Å². The van der Waals surface area contributed by atoms with Crippen LogP contribution in [0.4, 0.5) is 0 Å². The second-order valence-electron chi connectivity index (χ2n) is 2.64. The van der Waals surface area contributed by atoms with Crippen LogP contribution in [0, 0.1) is 0 Å². The van der Waals surface area contributed by atoms with Gasteiger partial charge in [-0.15, -0.1) is 0 Å². The Labute approximate surface area is 61.3 Å². The maximum Gasteiger partial charge on any atom is 0.102 e. The summed E-state index contributed by atoms with van der Waals surface area (Å²) < 4.78 is 10.5. The van der Waals surface area contributed by atoms with Gasteiger partial charge in [-0.1, -0.05) is 0 Å². The first kappa shape index (κ1) is 7.94. The summed E-state index contributed by atoms with van der Waals surface area (Å²) in [6.45, 7) is 2.57. The van der Waals surface area contributed by atoms with Crippen molar-refractivity contribution in [1.29, 1.82) is 0 Å². The maximum atomic E-state index is 5.27. The Morgan fingerprint density at radius 2 is 1.10 bits per heavy atom. The minimum Gasteiger partial charge on any atom is -0.351 e. The molecule has 0 aromatic rings. The van der Waals surface area contributed by atoms with Gasteiger partial charge in [0.1, 0.15) is 26.9 Å². The Hall–Kier alpha value is -0.160. The average molecular weight is 146 g/mol. The highest BCUT2D eigenvalue weighted by Gasteiger charge is 2.05. The predicted molar refractivity (Wildman–Crippen MR) is 37.2 cm³/mol. The predicted octanol–water partition coefficient (Wildman–Crippen LogP) is -0.273. The smallest absolute Gasteiger partial charge is 0.102 e. The minimum absolute atomic E-state index is 0.643. The van der Waals surface area contributed by atoms with Gasteiger partial charge in [-0.25, -0.2) is 0 Å². The minimum atomic E-state index is 0.643. The summed E-state index contributed by atoms with van der Waals surface area (Å²) in [5.41, 5.74) is 0. The fourth-order valence-electron chi connectivity index (χ4n) is 0.780. The van der Waals surface area contributed by atoms with Crippen LogP contribution in [0.1, 0.15) is 0 Å². The molecule has 0 spiro atoms. The van der Waals surface area contributed by atoms with Gasteiger partial charge in [0.15, 0.2) is 0 Å². The van der Waals surface area contributed by atoms with Crippen LogP contribution < -0.4 is 0 Å². The molecule has 0 amide bonds. The lowest BCUT2D eigenvalue weighted by Crippen LogP contribution is -2.35. The quantitative estimate of drug-likeness (QED) is 0.469. The molecule has 0 aromatic carbocycles. The van der Waals surface area contributed by atoms with E-state index in [0.717, 1.165) is 0 Å². The summed E-state index contributed by atoms with van der Waals surface area (Å²) in [4.78, 5) is 3.96. The molecule has 4 heteroatoms. The molecule has 0 atom stereocenters. The molecule has 0 saturated carbocycles. The van der Waals surface area contributed by atoms with E-state index in [1.54, 1.807) is 0 Å². The molecule has 1 saturated heterocycles. The lowest BCUT2D eigenvalue weighted by atomic mass is 10.8. The van der Waals surface area contributed by atoms with Crippen LogP contribution in [0.25, 0.3) is 0 Å². The number of rotatable bonds is 0. The highest BCUT2D eigenvalue weighted by Crippen LogP contribution is 1.93. The van der Waals surface area contributed by atoms with Gasteiger partial charge < -0.3 is 9.47 Å². The molecule has 0 radical (unpaired) electrons. The van der Waals surface area contributed by atoms with E-state index in [4.69, 9.17) is 9.47 Å². The van der Waals surface area contributed by atoms with Gasteiger partial charge in [-0.05, 0) is 14.1 Å². The Kier molecular flexibility index (Phi) is 3.08. The molecule has 1 rings (SSSR count). The second-order valence-corrected chi connectivity index (χ2v) is 2.64. The third-order valence-corrected chi connectivity index (χ3v) is 1.25. The number of hydrogen-bond donors (Lipinski definition) is 0. The molecule has 1 aliphatic heterocycles. The molecule has 1 heterocycles. The zero-order valence-electron chi connectivity index (χ0n) is 6.54. The average Bonchev–Trinajstić information content (AvgIpc) is 1.84. The maximum absolute atomic E-state index is 5.27. The molecule has 1 aliphatic rings. The van der Waals surface area contributed by atoms with Gasteiger partial charge in [-0.3, -0.25) is 9.80 Å². The van der Waals surface area contributed by atoms with Crippen LogP contribution in [0.3, 0.4) is 0 Å². The van der Waals surface area contributed by atoms with Crippen molar-refractivity contribution in [1.82, 2.24) is 9.80 Å². The topological polar surface area (TPSA) is 24.9 Å². The molecule has 0 aliphatic carbocycles. The fraction of sp³-hybridized carbons (Fsp3) is 1.00. The summed E-state index contributed by atoms with van der Waals surface area (Å²) in [5, 5.41) is 0. The largest absolute Gasteiger partial charge is 0.351 e. The molecule has 10 heavy (non-hydrogen) atoms. The first-order valence-electron chi connectivity index (χ1n) is 3.31. The summed E-state index contributed by atoms with van der Waals surface area (Å²) >= 11 is 0. The molecular weight excluding hydrogens is 132 g/mol. The van der Waals surface area contributed by atoms with Crippen LogP contribution >= 0.6 is 0 Å². The van der Waals surface area contributed by atoms with Gasteiger partial charge in [0.25, 0.3) is 0 Å². The Balaban J connectivity index is 2.21. The van der Waals surface area contributed by atoms with Gasteiger partial charge in [0.2, 0.25) is 0 Å². The van der Waals surface area contributed by atoms with Crippen molar-refractivity contribution in [3.05, 3.63) is 0 Å². The Morgan fingerprint density at radius 3 is 1.40 bits per heavy atom. The summed E-state index contributed by atoms with van der Waals surface area (Å²) in [6.07, 6.45) is 0. The Bertz CT molecular complexity index is 79.7. The van der Waals surface area contributed by atoms with E-state index in [2.05, 4.69) is 0 Å². The number of nitrogens with zero attached hydrogens (tertiary/aromatic N) is 2. The highest BCUT2D eigenvalue weighted by molar-refractivity contribution is 4.40. The second kappa shape index (κ2) is 3.88. The van der Waals surface area contributed by atoms with Gasteiger partial charge >= 0.3 is 0 Å². The SMILES string of the molecule is CN1COCN(C)COC1. The monoisotopic (exact) mass is 146 g/mol. The van der Waals surface area contributed by atoms with E-state index in [1.165, 1.54) is 0 Å². The van der Waals surface area contributed by atoms with Crippen molar-refractivity contribution >= 4 is 0 Å². The van der Waals surface area contributed by atoms with E-state index in [-0.39, 0.29) is 0 Å². The summed E-state index contributed by atoms with van der Waals surface area (Å²) in [6, 6.07) is 0. The highest BCUT2D eigenvalue weighted by atomic mass is 16.5. The molecule has 4 nitrogen and oxygen atoms in total. The molecule has 0 aromatic heterocycles. The molecule has 0 bridgehead atoms. The number of ether oxygens (including phenoxy) is 2. The van der Waals surface area contributed by atoms with Gasteiger partial charge in [0, 0.05) is 0 Å². The van der Waals surface area contributed by atoms with Crippen LogP contribution in [0.15, 0.2) is 0 Å². The van der Waals surface area contributed by atoms with Crippen molar-refractivity contribution in [2.75, 3.05) is 41.0 Å². The molecule has 60 valence electrons. The van der Waals surface area contributed by atoms with E-state index >= 15 is 0 Å². The third kappa shape index (κ3) is 2.62. The molecule has 0 unspecified atom stereocenters. The third-order valence-electron chi connectivity index (χ3n) is 1.25. The van der Waals surface area contributed by atoms with Crippen LogP contribution in [-0.4, -0.2) is 50.8 Å². The van der Waals surface area contributed by atoms with E-state index in [0.29, 0.717) is 26.9 Å². The van der Waals surface area contributed by atoms with Crippen molar-refractivity contribution in [3.8, 4) is 0 Å². The molecule has 0 N–H and O–H groups in total. The first-order valence-corrected chi connectivity index (χ1v) is 3.31.